The van der Waals surface area contributed by atoms with Crippen LogP contribution in [0.1, 0.15) is 31.2 Å². The van der Waals surface area contributed by atoms with Crippen LogP contribution in [0.25, 0.3) is 0 Å². The normalized spacial score (nSPS) is 18.7. The summed E-state index contributed by atoms with van der Waals surface area (Å²) in [7, 11) is 0. The van der Waals surface area contributed by atoms with Gasteiger partial charge in [0.1, 0.15) is 18.8 Å². The second-order valence-corrected chi connectivity index (χ2v) is 4.60. The molecule has 1 saturated heterocycles. The Kier molecular flexibility index (Phi) is 5.44. The van der Waals surface area contributed by atoms with Crippen LogP contribution in [0.4, 0.5) is 0 Å². The zero-order chi connectivity index (χ0) is 12.6. The lowest BCUT2D eigenvalue weighted by molar-refractivity contribution is 0.150. The number of rotatable bonds is 6. The van der Waals surface area contributed by atoms with E-state index in [1.807, 2.05) is 0 Å². The van der Waals surface area contributed by atoms with Gasteiger partial charge in [-0.15, -0.1) is 0 Å². The molecule has 6 heteroatoms. The Bertz CT molecular complexity index is 328. The van der Waals surface area contributed by atoms with Crippen molar-refractivity contribution in [2.45, 2.75) is 25.4 Å². The van der Waals surface area contributed by atoms with Crippen LogP contribution in [0.3, 0.4) is 0 Å². The van der Waals surface area contributed by atoms with Gasteiger partial charge in [0.15, 0.2) is 5.82 Å². The number of piperazine rings is 1. The lowest BCUT2D eigenvalue weighted by Crippen LogP contribution is -2.43. The van der Waals surface area contributed by atoms with Gasteiger partial charge in [0, 0.05) is 26.2 Å². The van der Waals surface area contributed by atoms with Crippen molar-refractivity contribution in [1.29, 1.82) is 0 Å². The number of nitrogens with one attached hydrogen (secondary N) is 1. The Balaban J connectivity index is 1.60. The van der Waals surface area contributed by atoms with Gasteiger partial charge in [-0.25, -0.2) is 15.0 Å². The van der Waals surface area contributed by atoms with Crippen LogP contribution in [0.5, 0.6) is 0 Å². The van der Waals surface area contributed by atoms with Gasteiger partial charge in [-0.1, -0.05) is 0 Å². The summed E-state index contributed by atoms with van der Waals surface area (Å²) >= 11 is 0. The van der Waals surface area contributed by atoms with E-state index in [1.165, 1.54) is 12.7 Å². The predicted octanol–water partition coefficient (Wildman–Crippen LogP) is -0.0195. The maximum Gasteiger partial charge on any atom is 0.160 e. The zero-order valence-corrected chi connectivity index (χ0v) is 10.6. The fourth-order valence-corrected chi connectivity index (χ4v) is 2.16. The minimum atomic E-state index is -0.559. The molecule has 0 aliphatic carbocycles. The first-order valence-electron chi connectivity index (χ1n) is 6.59. The van der Waals surface area contributed by atoms with Gasteiger partial charge in [0.05, 0.1) is 0 Å². The van der Waals surface area contributed by atoms with Crippen LogP contribution in [0.2, 0.25) is 0 Å². The van der Waals surface area contributed by atoms with Crippen molar-refractivity contribution in [3.8, 4) is 0 Å². The van der Waals surface area contributed by atoms with E-state index in [-0.39, 0.29) is 0 Å². The highest BCUT2D eigenvalue weighted by Crippen LogP contribution is 2.14. The number of nitrogens with zero attached hydrogens (tertiary/aromatic N) is 4. The predicted molar refractivity (Wildman–Crippen MR) is 67.9 cm³/mol. The highest BCUT2D eigenvalue weighted by atomic mass is 16.3. The molecule has 0 spiro atoms. The first kappa shape index (κ1) is 13.3. The van der Waals surface area contributed by atoms with Crippen LogP contribution in [0, 0.1) is 0 Å². The summed E-state index contributed by atoms with van der Waals surface area (Å²) in [4.78, 5) is 14.1. The maximum absolute atomic E-state index is 9.88. The SMILES string of the molecule is OC(CCCCN1CCNCC1)c1ncncn1. The average Bonchev–Trinajstić information content (AvgIpc) is 2.45. The molecule has 0 aromatic carbocycles. The molecule has 1 aromatic heterocycles. The lowest BCUT2D eigenvalue weighted by Gasteiger charge is -2.27. The third-order valence-electron chi connectivity index (χ3n) is 3.22. The maximum atomic E-state index is 9.88. The molecular weight excluding hydrogens is 230 g/mol. The smallest absolute Gasteiger partial charge is 0.160 e. The summed E-state index contributed by atoms with van der Waals surface area (Å²) in [5.41, 5.74) is 0. The van der Waals surface area contributed by atoms with Crippen molar-refractivity contribution >= 4 is 0 Å². The summed E-state index contributed by atoms with van der Waals surface area (Å²) in [5, 5.41) is 13.2. The fraction of sp³-hybridized carbons (Fsp3) is 0.750. The molecular formula is C12H21N5O. The number of hydrogen-bond acceptors (Lipinski definition) is 6. The van der Waals surface area contributed by atoms with E-state index >= 15 is 0 Å². The van der Waals surface area contributed by atoms with E-state index in [0.717, 1.165) is 52.0 Å². The van der Waals surface area contributed by atoms with E-state index in [2.05, 4.69) is 25.2 Å². The van der Waals surface area contributed by atoms with Crippen molar-refractivity contribution in [3.63, 3.8) is 0 Å². The minimum Gasteiger partial charge on any atom is -0.385 e. The third kappa shape index (κ3) is 4.29. The molecule has 1 fully saturated rings. The molecule has 0 radical (unpaired) electrons. The van der Waals surface area contributed by atoms with Gasteiger partial charge in [0.2, 0.25) is 0 Å². The Hall–Kier alpha value is -1.11. The highest BCUT2D eigenvalue weighted by molar-refractivity contribution is 4.86. The van der Waals surface area contributed by atoms with Crippen LogP contribution in [-0.2, 0) is 0 Å². The first-order valence-corrected chi connectivity index (χ1v) is 6.59. The summed E-state index contributed by atoms with van der Waals surface area (Å²) in [6, 6.07) is 0. The van der Waals surface area contributed by atoms with E-state index in [1.54, 1.807) is 0 Å². The Morgan fingerprint density at radius 1 is 1.22 bits per heavy atom. The van der Waals surface area contributed by atoms with E-state index in [0.29, 0.717) is 5.82 Å². The van der Waals surface area contributed by atoms with Crippen molar-refractivity contribution < 1.29 is 5.11 Å². The molecule has 100 valence electrons. The largest absolute Gasteiger partial charge is 0.385 e. The molecule has 6 nitrogen and oxygen atoms in total. The van der Waals surface area contributed by atoms with Crippen molar-refractivity contribution in [2.75, 3.05) is 32.7 Å². The third-order valence-corrected chi connectivity index (χ3v) is 3.22. The second kappa shape index (κ2) is 7.35. The molecule has 1 aliphatic heterocycles. The van der Waals surface area contributed by atoms with Crippen molar-refractivity contribution in [1.82, 2.24) is 25.2 Å². The number of aromatic nitrogens is 3. The fourth-order valence-electron chi connectivity index (χ4n) is 2.16. The van der Waals surface area contributed by atoms with Gasteiger partial charge < -0.3 is 15.3 Å². The Morgan fingerprint density at radius 3 is 2.67 bits per heavy atom. The molecule has 2 N–H and O–H groups in total. The summed E-state index contributed by atoms with van der Waals surface area (Å²) in [6.07, 6.45) is 5.11. The van der Waals surface area contributed by atoms with Gasteiger partial charge >= 0.3 is 0 Å². The standard InChI is InChI=1S/C12H21N5O/c18-11(12-15-9-14-10-16-12)3-1-2-6-17-7-4-13-5-8-17/h9-11,13,18H,1-8H2. The van der Waals surface area contributed by atoms with Gasteiger partial charge in [-0.2, -0.15) is 0 Å². The van der Waals surface area contributed by atoms with Crippen LogP contribution < -0.4 is 5.32 Å². The monoisotopic (exact) mass is 251 g/mol. The highest BCUT2D eigenvalue weighted by Gasteiger charge is 2.11. The first-order chi connectivity index (χ1) is 8.86. The summed E-state index contributed by atoms with van der Waals surface area (Å²) < 4.78 is 0. The molecule has 1 aliphatic rings. The summed E-state index contributed by atoms with van der Waals surface area (Å²) in [5.74, 6) is 0.479. The Morgan fingerprint density at radius 2 is 1.94 bits per heavy atom. The number of aliphatic hydroxyl groups excluding tert-OH is 1. The topological polar surface area (TPSA) is 74.2 Å². The summed E-state index contributed by atoms with van der Waals surface area (Å²) in [6.45, 7) is 5.57. The van der Waals surface area contributed by atoms with E-state index < -0.39 is 6.10 Å². The number of hydrogen-bond donors (Lipinski definition) is 2. The molecule has 2 rings (SSSR count). The van der Waals surface area contributed by atoms with E-state index in [9.17, 15) is 5.11 Å². The lowest BCUT2D eigenvalue weighted by atomic mass is 10.1. The van der Waals surface area contributed by atoms with Gasteiger partial charge in [-0.05, 0) is 25.8 Å². The molecule has 18 heavy (non-hydrogen) atoms. The van der Waals surface area contributed by atoms with E-state index in [4.69, 9.17) is 0 Å². The molecule has 1 aromatic rings. The van der Waals surface area contributed by atoms with Crippen molar-refractivity contribution in [3.05, 3.63) is 18.5 Å². The quantitative estimate of drug-likeness (QED) is 0.692. The molecule has 0 bridgehead atoms. The van der Waals surface area contributed by atoms with Gasteiger partial charge in [-0.3, -0.25) is 0 Å². The minimum absolute atomic E-state index is 0.479. The number of aliphatic hydroxyl groups is 1. The van der Waals surface area contributed by atoms with Crippen LogP contribution in [-0.4, -0.2) is 57.7 Å². The number of unbranched alkanes of at least 4 members (excludes halogenated alkanes) is 1. The van der Waals surface area contributed by atoms with Gasteiger partial charge in [0.25, 0.3) is 0 Å². The van der Waals surface area contributed by atoms with Crippen LogP contribution >= 0.6 is 0 Å². The molecule has 1 unspecified atom stereocenters. The molecule has 0 saturated carbocycles. The van der Waals surface area contributed by atoms with Crippen LogP contribution in [0.15, 0.2) is 12.7 Å². The Labute approximate surface area is 107 Å². The molecule has 1 atom stereocenters. The molecule has 0 amide bonds. The zero-order valence-electron chi connectivity index (χ0n) is 10.6. The molecule has 2 heterocycles. The second-order valence-electron chi connectivity index (χ2n) is 4.60. The van der Waals surface area contributed by atoms with Crippen molar-refractivity contribution in [2.24, 2.45) is 0 Å². The average molecular weight is 251 g/mol.